The van der Waals surface area contributed by atoms with E-state index in [1.165, 1.54) is 0 Å². The zero-order chi connectivity index (χ0) is 21.5. The Bertz CT molecular complexity index is 1650. The van der Waals surface area contributed by atoms with Crippen molar-refractivity contribution in [2.24, 2.45) is 0 Å². The predicted molar refractivity (Wildman–Crippen MR) is 129 cm³/mol. The number of urea groups is 1. The summed E-state index contributed by atoms with van der Waals surface area (Å²) in [6.07, 6.45) is 3.25. The Labute approximate surface area is 183 Å². The summed E-state index contributed by atoms with van der Waals surface area (Å²) in [5, 5.41) is 10.1. The SMILES string of the molecule is O=C(Nc1ccncc1)Nc1ccc2nc3c4ccccc4c4ccccc4c3nc2c1. The van der Waals surface area contributed by atoms with E-state index in [0.717, 1.165) is 43.6 Å². The molecule has 6 nitrogen and oxygen atoms in total. The van der Waals surface area contributed by atoms with Crippen LogP contribution in [-0.2, 0) is 0 Å². The lowest BCUT2D eigenvalue weighted by Gasteiger charge is -2.11. The van der Waals surface area contributed by atoms with Crippen LogP contribution in [0.3, 0.4) is 0 Å². The van der Waals surface area contributed by atoms with Gasteiger partial charge < -0.3 is 10.6 Å². The van der Waals surface area contributed by atoms with Gasteiger partial charge in [0.1, 0.15) is 0 Å². The van der Waals surface area contributed by atoms with Crippen LogP contribution in [0.1, 0.15) is 0 Å². The lowest BCUT2D eigenvalue weighted by molar-refractivity contribution is 0.262. The number of fused-ring (bicyclic) bond motifs is 7. The zero-order valence-corrected chi connectivity index (χ0v) is 16.9. The highest BCUT2D eigenvalue weighted by atomic mass is 16.2. The summed E-state index contributed by atoms with van der Waals surface area (Å²) < 4.78 is 0. The van der Waals surface area contributed by atoms with Crippen LogP contribution in [0.5, 0.6) is 0 Å². The molecule has 152 valence electrons. The summed E-state index contributed by atoms with van der Waals surface area (Å²) in [7, 11) is 0. The first kappa shape index (κ1) is 18.2. The van der Waals surface area contributed by atoms with Crippen molar-refractivity contribution in [1.29, 1.82) is 0 Å². The summed E-state index contributed by atoms with van der Waals surface area (Å²) in [6.45, 7) is 0. The predicted octanol–water partition coefficient (Wildman–Crippen LogP) is 6.13. The van der Waals surface area contributed by atoms with Gasteiger partial charge in [0.05, 0.1) is 22.1 Å². The number of carbonyl (C=O) groups is 1. The van der Waals surface area contributed by atoms with Gasteiger partial charge >= 0.3 is 6.03 Å². The first-order valence-corrected chi connectivity index (χ1v) is 10.3. The van der Waals surface area contributed by atoms with Crippen molar-refractivity contribution in [3.63, 3.8) is 0 Å². The second kappa shape index (κ2) is 7.28. The van der Waals surface area contributed by atoms with Crippen molar-refractivity contribution >= 4 is 61.0 Å². The maximum Gasteiger partial charge on any atom is 0.323 e. The number of nitrogens with zero attached hydrogens (tertiary/aromatic N) is 3. The maximum absolute atomic E-state index is 12.4. The smallest absolute Gasteiger partial charge is 0.308 e. The Morgan fingerprint density at radius 1 is 0.594 bits per heavy atom. The van der Waals surface area contributed by atoms with E-state index >= 15 is 0 Å². The minimum absolute atomic E-state index is 0.333. The number of anilines is 2. The van der Waals surface area contributed by atoms with E-state index in [1.54, 1.807) is 24.5 Å². The Hall–Kier alpha value is -4.58. The van der Waals surface area contributed by atoms with E-state index in [4.69, 9.17) is 9.97 Å². The molecule has 0 radical (unpaired) electrons. The van der Waals surface area contributed by atoms with Crippen LogP contribution in [-0.4, -0.2) is 21.0 Å². The molecule has 0 unspecified atom stereocenters. The molecule has 6 aromatic rings. The van der Waals surface area contributed by atoms with E-state index in [9.17, 15) is 4.79 Å². The molecule has 0 saturated heterocycles. The van der Waals surface area contributed by atoms with Crippen LogP contribution in [0, 0.1) is 0 Å². The summed E-state index contributed by atoms with van der Waals surface area (Å²) >= 11 is 0. The summed E-state index contributed by atoms with van der Waals surface area (Å²) in [6, 6.07) is 25.2. The van der Waals surface area contributed by atoms with Gasteiger partial charge in [-0.05, 0) is 41.1 Å². The number of benzene rings is 4. The molecule has 0 aliphatic carbocycles. The first-order valence-electron chi connectivity index (χ1n) is 10.3. The molecular formula is C26H17N5O. The van der Waals surface area contributed by atoms with Crippen LogP contribution in [0.2, 0.25) is 0 Å². The van der Waals surface area contributed by atoms with Crippen molar-refractivity contribution in [3.05, 3.63) is 91.3 Å². The van der Waals surface area contributed by atoms with Crippen LogP contribution in [0.15, 0.2) is 91.3 Å². The minimum Gasteiger partial charge on any atom is -0.308 e. The number of aromatic nitrogens is 3. The average Bonchev–Trinajstić information content (AvgIpc) is 2.84. The second-order valence-corrected chi connectivity index (χ2v) is 7.53. The largest absolute Gasteiger partial charge is 0.323 e. The number of carbonyl (C=O) groups excluding carboxylic acids is 1. The minimum atomic E-state index is -0.333. The summed E-state index contributed by atoms with van der Waals surface area (Å²) in [4.78, 5) is 26.2. The molecule has 2 amide bonds. The van der Waals surface area contributed by atoms with E-state index in [2.05, 4.69) is 39.9 Å². The third kappa shape index (κ3) is 3.06. The molecule has 6 heteroatoms. The fraction of sp³-hybridized carbons (Fsp3) is 0. The van der Waals surface area contributed by atoms with Crippen LogP contribution < -0.4 is 10.6 Å². The molecule has 0 aliphatic rings. The molecule has 0 saturated carbocycles. The number of pyridine rings is 1. The van der Waals surface area contributed by atoms with Gasteiger partial charge in [0.2, 0.25) is 0 Å². The van der Waals surface area contributed by atoms with E-state index in [-0.39, 0.29) is 6.03 Å². The molecule has 4 aromatic carbocycles. The third-order valence-electron chi connectivity index (χ3n) is 5.51. The fourth-order valence-corrected chi connectivity index (χ4v) is 4.09. The topological polar surface area (TPSA) is 79.8 Å². The van der Waals surface area contributed by atoms with Crippen molar-refractivity contribution in [2.45, 2.75) is 0 Å². The number of rotatable bonds is 2. The van der Waals surface area contributed by atoms with Gasteiger partial charge in [-0.25, -0.2) is 14.8 Å². The molecule has 2 N–H and O–H groups in total. The number of amides is 2. The number of hydrogen-bond acceptors (Lipinski definition) is 4. The number of nitrogens with one attached hydrogen (secondary N) is 2. The normalized spacial score (nSPS) is 11.2. The Kier molecular flexibility index (Phi) is 4.14. The molecule has 0 bridgehead atoms. The zero-order valence-electron chi connectivity index (χ0n) is 16.9. The molecule has 32 heavy (non-hydrogen) atoms. The van der Waals surface area contributed by atoms with Gasteiger partial charge in [0.15, 0.2) is 0 Å². The van der Waals surface area contributed by atoms with E-state index in [1.807, 2.05) is 42.5 Å². The fourth-order valence-electron chi connectivity index (χ4n) is 4.09. The van der Waals surface area contributed by atoms with Crippen LogP contribution >= 0.6 is 0 Å². The Morgan fingerprint density at radius 2 is 1.16 bits per heavy atom. The van der Waals surface area contributed by atoms with Gasteiger partial charge in [-0.3, -0.25) is 4.98 Å². The molecule has 0 atom stereocenters. The molecule has 0 fully saturated rings. The number of hydrogen-bond donors (Lipinski definition) is 2. The molecule has 2 aromatic heterocycles. The highest BCUT2D eigenvalue weighted by Crippen LogP contribution is 2.34. The lowest BCUT2D eigenvalue weighted by atomic mass is 9.99. The molecule has 0 aliphatic heterocycles. The molecule has 2 heterocycles. The van der Waals surface area contributed by atoms with Gasteiger partial charge in [-0.2, -0.15) is 0 Å². The van der Waals surface area contributed by atoms with Gasteiger partial charge in [-0.15, -0.1) is 0 Å². The van der Waals surface area contributed by atoms with E-state index < -0.39 is 0 Å². The monoisotopic (exact) mass is 415 g/mol. The average molecular weight is 415 g/mol. The Morgan fingerprint density at radius 3 is 1.81 bits per heavy atom. The molecular weight excluding hydrogens is 398 g/mol. The van der Waals surface area contributed by atoms with Crippen molar-refractivity contribution in [3.8, 4) is 0 Å². The standard InChI is InChI=1S/C26H17N5O/c32-26(28-16-11-13-27-14-12-16)29-17-9-10-22-23(15-17)31-25-21-8-4-2-6-19(21)18-5-1-3-7-20(18)24(25)30-22/h1-15H,(H2,27,28,29,32). The third-order valence-corrected chi connectivity index (χ3v) is 5.51. The van der Waals surface area contributed by atoms with Gasteiger partial charge in [0.25, 0.3) is 0 Å². The quantitative estimate of drug-likeness (QED) is 0.263. The van der Waals surface area contributed by atoms with Gasteiger partial charge in [-0.1, -0.05) is 48.5 Å². The summed E-state index contributed by atoms with van der Waals surface area (Å²) in [5.74, 6) is 0. The van der Waals surface area contributed by atoms with Gasteiger partial charge in [0, 0.05) is 34.5 Å². The Balaban J connectivity index is 1.47. The van der Waals surface area contributed by atoms with Crippen LogP contribution in [0.25, 0.3) is 43.6 Å². The maximum atomic E-state index is 12.4. The highest BCUT2D eigenvalue weighted by molar-refractivity contribution is 6.23. The first-order chi connectivity index (χ1) is 15.8. The lowest BCUT2D eigenvalue weighted by Crippen LogP contribution is -2.19. The summed E-state index contributed by atoms with van der Waals surface area (Å²) in [5.41, 5.74) is 4.54. The highest BCUT2D eigenvalue weighted by Gasteiger charge is 2.12. The molecule has 0 spiro atoms. The van der Waals surface area contributed by atoms with E-state index in [0.29, 0.717) is 11.4 Å². The van der Waals surface area contributed by atoms with Crippen molar-refractivity contribution in [2.75, 3.05) is 10.6 Å². The second-order valence-electron chi connectivity index (χ2n) is 7.53. The molecule has 6 rings (SSSR count). The van der Waals surface area contributed by atoms with Crippen molar-refractivity contribution < 1.29 is 4.79 Å². The van der Waals surface area contributed by atoms with Crippen molar-refractivity contribution in [1.82, 2.24) is 15.0 Å². The van der Waals surface area contributed by atoms with Crippen LogP contribution in [0.4, 0.5) is 16.2 Å².